The minimum Gasteiger partial charge on any atom is -0.299 e. The van der Waals surface area contributed by atoms with Gasteiger partial charge in [-0.2, -0.15) is 0 Å². The van der Waals surface area contributed by atoms with E-state index in [-0.39, 0.29) is 23.4 Å². The Bertz CT molecular complexity index is 413. The molecule has 0 N–H and O–H groups in total. The molecule has 2 atom stereocenters. The Balaban J connectivity index is 2.45. The van der Waals surface area contributed by atoms with Crippen molar-refractivity contribution in [2.75, 3.05) is 0 Å². The van der Waals surface area contributed by atoms with E-state index in [9.17, 15) is 9.18 Å². The smallest absolute Gasteiger partial charge is 0.136 e. The molecule has 1 fully saturated rings. The average Bonchev–Trinajstić information content (AvgIpc) is 2.48. The second-order valence-corrected chi connectivity index (χ2v) is 4.88. The minimum absolute atomic E-state index is 0.0316. The quantitative estimate of drug-likeness (QED) is 0.707. The molecular weight excluding hydrogens is 203 g/mol. The zero-order valence-electron chi connectivity index (χ0n) is 10.0. The molecule has 1 nitrogen and oxygen atoms in total. The first-order chi connectivity index (χ1) is 7.50. The molecule has 0 amide bonds. The van der Waals surface area contributed by atoms with Gasteiger partial charge in [0, 0.05) is 12.3 Å². The molecule has 0 aliphatic heterocycles. The van der Waals surface area contributed by atoms with Gasteiger partial charge in [0.2, 0.25) is 0 Å². The molecule has 2 heteroatoms. The van der Waals surface area contributed by atoms with Crippen LogP contribution in [0.5, 0.6) is 0 Å². The summed E-state index contributed by atoms with van der Waals surface area (Å²) >= 11 is 0. The average molecular weight is 220 g/mol. The van der Waals surface area contributed by atoms with Gasteiger partial charge in [-0.15, -0.1) is 0 Å². The fourth-order valence-electron chi connectivity index (χ4n) is 2.79. The number of carbonyl (C=O) groups excluding carboxylic acids is 1. The van der Waals surface area contributed by atoms with Crippen molar-refractivity contribution in [3.05, 3.63) is 34.6 Å². The first-order valence-electron chi connectivity index (χ1n) is 5.80. The Morgan fingerprint density at radius 2 is 2.00 bits per heavy atom. The number of benzene rings is 1. The molecular formula is C14H17FO. The molecule has 0 saturated heterocycles. The lowest BCUT2D eigenvalue weighted by Gasteiger charge is -2.18. The molecule has 1 aromatic carbocycles. The summed E-state index contributed by atoms with van der Waals surface area (Å²) in [6, 6.07) is 3.56. The summed E-state index contributed by atoms with van der Waals surface area (Å²) in [6.07, 6.45) is 1.39. The number of aryl methyl sites for hydroxylation is 2. The molecule has 2 rings (SSSR count). The lowest BCUT2D eigenvalue weighted by Crippen LogP contribution is -2.12. The molecule has 1 saturated carbocycles. The monoisotopic (exact) mass is 220 g/mol. The van der Waals surface area contributed by atoms with Crippen molar-refractivity contribution in [1.82, 2.24) is 0 Å². The van der Waals surface area contributed by atoms with Crippen LogP contribution < -0.4 is 0 Å². The summed E-state index contributed by atoms with van der Waals surface area (Å²) in [4.78, 5) is 11.5. The van der Waals surface area contributed by atoms with Gasteiger partial charge in [-0.3, -0.25) is 4.79 Å². The highest BCUT2D eigenvalue weighted by molar-refractivity contribution is 5.84. The van der Waals surface area contributed by atoms with Gasteiger partial charge < -0.3 is 0 Å². The van der Waals surface area contributed by atoms with Crippen LogP contribution in [0.2, 0.25) is 0 Å². The Morgan fingerprint density at radius 3 is 2.50 bits per heavy atom. The van der Waals surface area contributed by atoms with E-state index in [0.29, 0.717) is 6.42 Å². The van der Waals surface area contributed by atoms with Gasteiger partial charge in [-0.05, 0) is 48.9 Å². The van der Waals surface area contributed by atoms with Gasteiger partial charge in [0.05, 0.1) is 0 Å². The van der Waals surface area contributed by atoms with Gasteiger partial charge in [0.25, 0.3) is 0 Å². The molecule has 1 aliphatic rings. The number of Topliss-reactive ketones (excluding diaryl/α,β-unsaturated/α-hetero) is 1. The highest BCUT2D eigenvalue weighted by atomic mass is 19.1. The highest BCUT2D eigenvalue weighted by Crippen LogP contribution is 2.39. The second-order valence-electron chi connectivity index (χ2n) is 4.88. The summed E-state index contributed by atoms with van der Waals surface area (Å²) in [6.45, 7) is 5.74. The highest BCUT2D eigenvalue weighted by Gasteiger charge is 2.34. The predicted octanol–water partition coefficient (Wildman–Crippen LogP) is 3.53. The first kappa shape index (κ1) is 11.3. The number of hydrogen-bond acceptors (Lipinski definition) is 1. The van der Waals surface area contributed by atoms with Gasteiger partial charge in [-0.1, -0.05) is 13.0 Å². The van der Waals surface area contributed by atoms with Crippen LogP contribution >= 0.6 is 0 Å². The zero-order chi connectivity index (χ0) is 11.9. The maximum absolute atomic E-state index is 14.0. The number of halogens is 1. The summed E-state index contributed by atoms with van der Waals surface area (Å²) in [5, 5.41) is 0. The molecule has 16 heavy (non-hydrogen) atoms. The van der Waals surface area contributed by atoms with E-state index in [2.05, 4.69) is 0 Å². The summed E-state index contributed by atoms with van der Waals surface area (Å²) in [7, 11) is 0. The lowest BCUT2D eigenvalue weighted by molar-refractivity contribution is -0.120. The van der Waals surface area contributed by atoms with Crippen molar-refractivity contribution >= 4 is 5.78 Å². The van der Waals surface area contributed by atoms with Crippen LogP contribution in [0, 0.1) is 25.6 Å². The van der Waals surface area contributed by atoms with E-state index in [1.165, 1.54) is 0 Å². The molecule has 2 unspecified atom stereocenters. The normalized spacial score (nSPS) is 25.1. The number of ketones is 1. The maximum Gasteiger partial charge on any atom is 0.136 e. The topological polar surface area (TPSA) is 17.1 Å². The van der Waals surface area contributed by atoms with Crippen LogP contribution in [-0.4, -0.2) is 5.78 Å². The third-order valence-corrected chi connectivity index (χ3v) is 3.66. The van der Waals surface area contributed by atoms with Crippen molar-refractivity contribution < 1.29 is 9.18 Å². The van der Waals surface area contributed by atoms with Crippen LogP contribution in [-0.2, 0) is 4.79 Å². The van der Waals surface area contributed by atoms with Crippen molar-refractivity contribution in [2.24, 2.45) is 5.92 Å². The maximum atomic E-state index is 14.0. The van der Waals surface area contributed by atoms with Crippen molar-refractivity contribution in [1.29, 1.82) is 0 Å². The van der Waals surface area contributed by atoms with E-state index in [0.717, 1.165) is 23.1 Å². The van der Waals surface area contributed by atoms with E-state index in [1.807, 2.05) is 26.8 Å². The number of rotatable bonds is 1. The van der Waals surface area contributed by atoms with E-state index in [1.54, 1.807) is 6.07 Å². The first-order valence-corrected chi connectivity index (χ1v) is 5.80. The Kier molecular flexibility index (Phi) is 2.83. The summed E-state index contributed by atoms with van der Waals surface area (Å²) in [5.41, 5.74) is 2.67. The Hall–Kier alpha value is -1.18. The van der Waals surface area contributed by atoms with Crippen molar-refractivity contribution in [2.45, 2.75) is 39.5 Å². The van der Waals surface area contributed by atoms with Gasteiger partial charge in [0.15, 0.2) is 0 Å². The number of carbonyl (C=O) groups is 1. The SMILES string of the molecule is Cc1cc(C)c(C2CCC(=O)C2C)c(F)c1. The van der Waals surface area contributed by atoms with Gasteiger partial charge >= 0.3 is 0 Å². The van der Waals surface area contributed by atoms with Gasteiger partial charge in [-0.25, -0.2) is 4.39 Å². The number of hydrogen-bond donors (Lipinski definition) is 0. The minimum atomic E-state index is -0.149. The Morgan fingerprint density at radius 1 is 1.31 bits per heavy atom. The fourth-order valence-corrected chi connectivity index (χ4v) is 2.79. The largest absolute Gasteiger partial charge is 0.299 e. The van der Waals surface area contributed by atoms with E-state index < -0.39 is 0 Å². The van der Waals surface area contributed by atoms with Crippen LogP contribution in [0.3, 0.4) is 0 Å². The summed E-state index contributed by atoms with van der Waals surface area (Å²) in [5.74, 6) is 0.164. The van der Waals surface area contributed by atoms with Crippen molar-refractivity contribution in [3.63, 3.8) is 0 Å². The molecule has 86 valence electrons. The third kappa shape index (κ3) is 1.77. The van der Waals surface area contributed by atoms with Crippen LogP contribution in [0.15, 0.2) is 12.1 Å². The van der Waals surface area contributed by atoms with Crippen LogP contribution in [0.25, 0.3) is 0 Å². The third-order valence-electron chi connectivity index (χ3n) is 3.66. The van der Waals surface area contributed by atoms with Crippen LogP contribution in [0.1, 0.15) is 42.4 Å². The molecule has 1 aromatic rings. The Labute approximate surface area is 95.7 Å². The molecule has 0 bridgehead atoms. The molecule has 0 aromatic heterocycles. The van der Waals surface area contributed by atoms with Crippen LogP contribution in [0.4, 0.5) is 4.39 Å². The van der Waals surface area contributed by atoms with E-state index >= 15 is 0 Å². The predicted molar refractivity (Wildman–Crippen MR) is 62.0 cm³/mol. The molecule has 1 aliphatic carbocycles. The second kappa shape index (κ2) is 4.00. The molecule has 0 spiro atoms. The lowest BCUT2D eigenvalue weighted by atomic mass is 9.86. The fraction of sp³-hybridized carbons (Fsp3) is 0.500. The van der Waals surface area contributed by atoms with Crippen molar-refractivity contribution in [3.8, 4) is 0 Å². The zero-order valence-corrected chi connectivity index (χ0v) is 10.0. The van der Waals surface area contributed by atoms with E-state index in [4.69, 9.17) is 0 Å². The molecule has 0 radical (unpaired) electrons. The molecule has 0 heterocycles. The standard InChI is InChI=1S/C14H17FO/c1-8-6-9(2)14(12(15)7-8)11-4-5-13(16)10(11)3/h6-7,10-11H,4-5H2,1-3H3. The summed E-state index contributed by atoms with van der Waals surface area (Å²) < 4.78 is 14.0. The van der Waals surface area contributed by atoms with Gasteiger partial charge in [0.1, 0.15) is 11.6 Å².